The highest BCUT2D eigenvalue weighted by Gasteiger charge is 2.10. The summed E-state index contributed by atoms with van der Waals surface area (Å²) < 4.78 is 5.33. The van der Waals surface area contributed by atoms with E-state index in [1.165, 1.54) is 18.4 Å². The van der Waals surface area contributed by atoms with Crippen molar-refractivity contribution in [2.75, 3.05) is 19.0 Å². The van der Waals surface area contributed by atoms with Gasteiger partial charge in [0.05, 0.1) is 12.8 Å². The first-order valence-electron chi connectivity index (χ1n) is 9.18. The normalized spacial score (nSPS) is 13.6. The van der Waals surface area contributed by atoms with Crippen LogP contribution in [0.1, 0.15) is 42.5 Å². The van der Waals surface area contributed by atoms with Crippen molar-refractivity contribution in [2.45, 2.75) is 32.1 Å². The van der Waals surface area contributed by atoms with E-state index in [-0.39, 0.29) is 5.91 Å². The van der Waals surface area contributed by atoms with Gasteiger partial charge in [-0.3, -0.25) is 4.79 Å². The van der Waals surface area contributed by atoms with Crippen molar-refractivity contribution in [1.29, 1.82) is 0 Å². The fourth-order valence-electron chi connectivity index (χ4n) is 3.13. The second-order valence-corrected chi connectivity index (χ2v) is 6.95. The van der Waals surface area contributed by atoms with Gasteiger partial charge in [0, 0.05) is 23.3 Å². The third kappa shape index (κ3) is 5.47. The van der Waals surface area contributed by atoms with Crippen LogP contribution >= 0.6 is 11.6 Å². The van der Waals surface area contributed by atoms with Crippen LogP contribution < -0.4 is 15.4 Å². The van der Waals surface area contributed by atoms with E-state index in [2.05, 4.69) is 21.7 Å². The number of pyridine rings is 1. The van der Waals surface area contributed by atoms with E-state index in [0.717, 1.165) is 19.3 Å². The summed E-state index contributed by atoms with van der Waals surface area (Å²) >= 11 is 6.06. The molecule has 0 bridgehead atoms. The Labute approximate surface area is 164 Å². The van der Waals surface area contributed by atoms with Gasteiger partial charge in [0.1, 0.15) is 11.6 Å². The van der Waals surface area contributed by atoms with Gasteiger partial charge < -0.3 is 15.4 Å². The lowest BCUT2D eigenvalue weighted by molar-refractivity contribution is 0.0954. The monoisotopic (exact) mass is 385 g/mol. The van der Waals surface area contributed by atoms with Crippen LogP contribution in [-0.4, -0.2) is 24.5 Å². The lowest BCUT2D eigenvalue weighted by Crippen LogP contribution is -2.25. The van der Waals surface area contributed by atoms with Crippen LogP contribution in [0.5, 0.6) is 5.75 Å². The molecule has 0 radical (unpaired) electrons. The van der Waals surface area contributed by atoms with E-state index in [0.29, 0.717) is 34.4 Å². The number of amides is 1. The number of carbonyl (C=O) groups is 1. The van der Waals surface area contributed by atoms with Gasteiger partial charge in [0.2, 0.25) is 0 Å². The molecule has 0 atom stereocenters. The molecular weight excluding hydrogens is 362 g/mol. The Hall–Kier alpha value is -2.53. The molecule has 0 saturated heterocycles. The third-order valence-electron chi connectivity index (χ3n) is 4.56. The predicted molar refractivity (Wildman–Crippen MR) is 109 cm³/mol. The number of rotatable bonds is 7. The molecule has 5 nitrogen and oxygen atoms in total. The number of anilines is 2. The van der Waals surface area contributed by atoms with Crippen LogP contribution in [0.3, 0.4) is 0 Å². The van der Waals surface area contributed by atoms with E-state index in [4.69, 9.17) is 16.3 Å². The van der Waals surface area contributed by atoms with Crippen LogP contribution in [-0.2, 0) is 0 Å². The van der Waals surface area contributed by atoms with E-state index in [9.17, 15) is 4.79 Å². The summed E-state index contributed by atoms with van der Waals surface area (Å²) in [6.07, 6.45) is 9.69. The first-order valence-corrected chi connectivity index (χ1v) is 9.56. The number of ether oxygens (including phenoxy) is 1. The highest BCUT2D eigenvalue weighted by molar-refractivity contribution is 6.31. The van der Waals surface area contributed by atoms with Crippen molar-refractivity contribution in [3.8, 4) is 5.75 Å². The zero-order valence-corrected chi connectivity index (χ0v) is 16.2. The number of nitrogens with zero attached hydrogens (tertiary/aromatic N) is 1. The minimum absolute atomic E-state index is 0.102. The number of allylic oxidation sites excluding steroid dienone is 1. The summed E-state index contributed by atoms with van der Waals surface area (Å²) in [5.41, 5.74) is 2.71. The Balaban J connectivity index is 1.62. The molecule has 2 N–H and O–H groups in total. The minimum Gasteiger partial charge on any atom is -0.495 e. The van der Waals surface area contributed by atoms with Gasteiger partial charge in [0.25, 0.3) is 5.91 Å². The number of nitrogens with one attached hydrogen (secondary N) is 2. The molecule has 1 aromatic carbocycles. The summed E-state index contributed by atoms with van der Waals surface area (Å²) in [5, 5.41) is 6.73. The Morgan fingerprint density at radius 3 is 2.93 bits per heavy atom. The summed E-state index contributed by atoms with van der Waals surface area (Å²) in [5.74, 6) is 1.10. The molecule has 0 aliphatic heterocycles. The molecule has 142 valence electrons. The lowest BCUT2D eigenvalue weighted by atomic mass is 9.97. The second-order valence-electron chi connectivity index (χ2n) is 6.51. The highest BCUT2D eigenvalue weighted by atomic mass is 35.5. The van der Waals surface area contributed by atoms with E-state index in [1.807, 2.05) is 0 Å². The van der Waals surface area contributed by atoms with Gasteiger partial charge in [-0.2, -0.15) is 0 Å². The number of methoxy groups -OCH3 is 1. The number of carbonyl (C=O) groups excluding carboxylic acids is 1. The maximum Gasteiger partial charge on any atom is 0.251 e. The quantitative estimate of drug-likeness (QED) is 0.650. The van der Waals surface area contributed by atoms with Gasteiger partial charge in [-0.05, 0) is 62.4 Å². The molecule has 1 aromatic heterocycles. The molecule has 1 aliphatic rings. The second kappa shape index (κ2) is 9.42. The van der Waals surface area contributed by atoms with E-state index in [1.54, 1.807) is 43.6 Å². The largest absolute Gasteiger partial charge is 0.495 e. The molecule has 0 spiro atoms. The number of hydrogen-bond donors (Lipinski definition) is 2. The molecule has 0 fully saturated rings. The predicted octanol–water partition coefficient (Wildman–Crippen LogP) is 5.11. The molecule has 1 heterocycles. The van der Waals surface area contributed by atoms with Gasteiger partial charge in [-0.15, -0.1) is 0 Å². The zero-order chi connectivity index (χ0) is 19.1. The molecule has 1 amide bonds. The fraction of sp³-hybridized carbons (Fsp3) is 0.333. The number of halogens is 1. The Bertz CT molecular complexity index is 836. The van der Waals surface area contributed by atoms with Crippen LogP contribution in [0.4, 0.5) is 11.5 Å². The molecule has 27 heavy (non-hydrogen) atoms. The highest BCUT2D eigenvalue weighted by Crippen LogP contribution is 2.30. The van der Waals surface area contributed by atoms with E-state index < -0.39 is 0 Å². The van der Waals surface area contributed by atoms with Crippen LogP contribution in [0, 0.1) is 0 Å². The third-order valence-corrected chi connectivity index (χ3v) is 4.80. The van der Waals surface area contributed by atoms with Crippen molar-refractivity contribution in [2.24, 2.45) is 0 Å². The molecule has 3 rings (SSSR count). The fourth-order valence-corrected chi connectivity index (χ4v) is 3.30. The van der Waals surface area contributed by atoms with Crippen molar-refractivity contribution in [1.82, 2.24) is 10.3 Å². The summed E-state index contributed by atoms with van der Waals surface area (Å²) in [4.78, 5) is 16.7. The standard InChI is InChI=1S/C21H24ClN3O2/c1-27-19-8-7-17(22)14-18(19)25-20-13-16(10-12-23-20)21(26)24-11-9-15-5-3-2-4-6-15/h5,7-8,10,12-14H,2-4,6,9,11H2,1H3,(H,23,25)(H,24,26). The van der Waals surface area contributed by atoms with Crippen molar-refractivity contribution in [3.63, 3.8) is 0 Å². The molecule has 1 aliphatic carbocycles. The first kappa shape index (κ1) is 19.2. The molecular formula is C21H24ClN3O2. The number of aromatic nitrogens is 1. The molecule has 0 saturated carbocycles. The average molecular weight is 386 g/mol. The van der Waals surface area contributed by atoms with Gasteiger partial charge in [-0.25, -0.2) is 4.98 Å². The molecule has 0 unspecified atom stereocenters. The minimum atomic E-state index is -0.102. The van der Waals surface area contributed by atoms with Gasteiger partial charge >= 0.3 is 0 Å². The Morgan fingerprint density at radius 2 is 2.15 bits per heavy atom. The molecule has 6 heteroatoms. The van der Waals surface area contributed by atoms with Crippen LogP contribution in [0.15, 0.2) is 48.2 Å². The Morgan fingerprint density at radius 1 is 1.26 bits per heavy atom. The lowest BCUT2D eigenvalue weighted by Gasteiger charge is -2.13. The maximum atomic E-state index is 12.4. The van der Waals surface area contributed by atoms with Crippen molar-refractivity contribution < 1.29 is 9.53 Å². The zero-order valence-electron chi connectivity index (χ0n) is 15.4. The van der Waals surface area contributed by atoms with Crippen LogP contribution in [0.25, 0.3) is 0 Å². The maximum absolute atomic E-state index is 12.4. The van der Waals surface area contributed by atoms with Crippen molar-refractivity contribution in [3.05, 3.63) is 58.8 Å². The number of benzene rings is 1. The first-order chi connectivity index (χ1) is 13.2. The van der Waals surface area contributed by atoms with E-state index >= 15 is 0 Å². The SMILES string of the molecule is COc1ccc(Cl)cc1Nc1cc(C(=O)NCCC2=CCCCC2)ccn1. The van der Waals surface area contributed by atoms with Crippen molar-refractivity contribution >= 4 is 29.0 Å². The summed E-state index contributed by atoms with van der Waals surface area (Å²) in [6.45, 7) is 0.651. The smallest absolute Gasteiger partial charge is 0.251 e. The summed E-state index contributed by atoms with van der Waals surface area (Å²) in [7, 11) is 1.59. The Kier molecular flexibility index (Phi) is 6.71. The average Bonchev–Trinajstić information content (AvgIpc) is 2.69. The number of hydrogen-bond acceptors (Lipinski definition) is 4. The summed E-state index contributed by atoms with van der Waals surface area (Å²) in [6, 6.07) is 8.71. The van der Waals surface area contributed by atoms with Gasteiger partial charge in [0.15, 0.2) is 0 Å². The van der Waals surface area contributed by atoms with Crippen LogP contribution in [0.2, 0.25) is 5.02 Å². The topological polar surface area (TPSA) is 63.2 Å². The van der Waals surface area contributed by atoms with Gasteiger partial charge in [-0.1, -0.05) is 23.3 Å². The molecule has 2 aromatic rings.